The van der Waals surface area contributed by atoms with Gasteiger partial charge in [0.15, 0.2) is 11.6 Å². The van der Waals surface area contributed by atoms with Crippen LogP contribution in [0.15, 0.2) is 79.1 Å². The molecule has 0 atom stereocenters. The minimum atomic E-state index is -0.108. The van der Waals surface area contributed by atoms with E-state index in [1.807, 2.05) is 66.7 Å². The molecule has 1 amide bonds. The SMILES string of the molecule is CC(C)n1c(CNc2cccc(C(=O)NCc3ccccc3)c2)nnc1-c1ccncc1. The van der Waals surface area contributed by atoms with Gasteiger partial charge in [-0.15, -0.1) is 10.2 Å². The smallest absolute Gasteiger partial charge is 0.251 e. The molecular formula is C25H26N6O. The number of carbonyl (C=O) groups is 1. The second-order valence-corrected chi connectivity index (χ2v) is 7.74. The largest absolute Gasteiger partial charge is 0.378 e. The molecule has 7 nitrogen and oxygen atoms in total. The van der Waals surface area contributed by atoms with Gasteiger partial charge in [0.25, 0.3) is 5.91 Å². The number of anilines is 1. The van der Waals surface area contributed by atoms with Gasteiger partial charge in [0, 0.05) is 41.8 Å². The Morgan fingerprint density at radius 3 is 2.47 bits per heavy atom. The van der Waals surface area contributed by atoms with E-state index in [9.17, 15) is 4.79 Å². The fourth-order valence-electron chi connectivity index (χ4n) is 3.52. The highest BCUT2D eigenvalue weighted by molar-refractivity contribution is 5.95. The zero-order valence-corrected chi connectivity index (χ0v) is 18.2. The first-order valence-corrected chi connectivity index (χ1v) is 10.6. The van der Waals surface area contributed by atoms with Crippen LogP contribution in [0.2, 0.25) is 0 Å². The number of rotatable bonds is 8. The number of nitrogens with one attached hydrogen (secondary N) is 2. The van der Waals surface area contributed by atoms with Gasteiger partial charge in [0.1, 0.15) is 0 Å². The van der Waals surface area contributed by atoms with Gasteiger partial charge in [-0.05, 0) is 49.7 Å². The number of pyridine rings is 1. The predicted octanol–water partition coefficient (Wildman–Crippen LogP) is 4.46. The third-order valence-electron chi connectivity index (χ3n) is 5.09. The summed E-state index contributed by atoms with van der Waals surface area (Å²) in [6.07, 6.45) is 3.50. The van der Waals surface area contributed by atoms with Crippen molar-refractivity contribution in [1.82, 2.24) is 25.1 Å². The first-order valence-electron chi connectivity index (χ1n) is 10.6. The topological polar surface area (TPSA) is 84.7 Å². The van der Waals surface area contributed by atoms with Gasteiger partial charge < -0.3 is 15.2 Å². The molecule has 0 aliphatic heterocycles. The Hall–Kier alpha value is -4.00. The number of benzene rings is 2. The first kappa shape index (κ1) is 21.2. The molecule has 2 aromatic carbocycles. The molecule has 0 fully saturated rings. The number of carbonyl (C=O) groups excluding carboxylic acids is 1. The van der Waals surface area contributed by atoms with Gasteiger partial charge in [0.2, 0.25) is 0 Å². The summed E-state index contributed by atoms with van der Waals surface area (Å²) >= 11 is 0. The lowest BCUT2D eigenvalue weighted by Gasteiger charge is -2.15. The van der Waals surface area contributed by atoms with Gasteiger partial charge in [-0.3, -0.25) is 9.78 Å². The van der Waals surface area contributed by atoms with Crippen molar-refractivity contribution in [3.05, 3.63) is 96.1 Å². The van der Waals surface area contributed by atoms with Gasteiger partial charge >= 0.3 is 0 Å². The normalized spacial score (nSPS) is 10.8. The third kappa shape index (κ3) is 5.00. The molecule has 0 aliphatic carbocycles. The highest BCUT2D eigenvalue weighted by Gasteiger charge is 2.16. The Balaban J connectivity index is 1.44. The quantitative estimate of drug-likeness (QED) is 0.434. The summed E-state index contributed by atoms with van der Waals surface area (Å²) in [4.78, 5) is 16.7. The van der Waals surface area contributed by atoms with Crippen molar-refractivity contribution in [3.63, 3.8) is 0 Å². The van der Waals surface area contributed by atoms with Crippen LogP contribution in [0.4, 0.5) is 5.69 Å². The molecule has 0 saturated heterocycles. The van der Waals surface area contributed by atoms with Crippen molar-refractivity contribution in [2.75, 3.05) is 5.32 Å². The molecule has 4 aromatic rings. The zero-order chi connectivity index (χ0) is 22.3. The van der Waals surface area contributed by atoms with Crippen LogP contribution in [0.25, 0.3) is 11.4 Å². The Morgan fingerprint density at radius 2 is 1.72 bits per heavy atom. The number of hydrogen-bond donors (Lipinski definition) is 2. The molecule has 2 heterocycles. The van der Waals surface area contributed by atoms with Crippen LogP contribution < -0.4 is 10.6 Å². The highest BCUT2D eigenvalue weighted by atomic mass is 16.1. The van der Waals surface area contributed by atoms with Crippen LogP contribution in [-0.2, 0) is 13.1 Å². The van der Waals surface area contributed by atoms with E-state index in [1.165, 1.54) is 0 Å². The molecule has 0 bridgehead atoms. The Bertz CT molecular complexity index is 1170. The number of aromatic nitrogens is 4. The summed E-state index contributed by atoms with van der Waals surface area (Å²) in [5, 5.41) is 15.1. The van der Waals surface area contributed by atoms with Crippen LogP contribution in [-0.4, -0.2) is 25.7 Å². The second kappa shape index (κ2) is 9.87. The monoisotopic (exact) mass is 426 g/mol. The second-order valence-electron chi connectivity index (χ2n) is 7.74. The molecule has 0 spiro atoms. The van der Waals surface area contributed by atoms with Crippen LogP contribution >= 0.6 is 0 Å². The minimum absolute atomic E-state index is 0.108. The van der Waals surface area contributed by atoms with E-state index in [0.29, 0.717) is 18.7 Å². The lowest BCUT2D eigenvalue weighted by molar-refractivity contribution is 0.0951. The molecule has 0 aliphatic rings. The summed E-state index contributed by atoms with van der Waals surface area (Å²) in [6.45, 7) is 5.20. The zero-order valence-electron chi connectivity index (χ0n) is 18.2. The van der Waals surface area contributed by atoms with Crippen LogP contribution in [0.1, 0.15) is 41.6 Å². The van der Waals surface area contributed by atoms with Crippen molar-refractivity contribution < 1.29 is 4.79 Å². The summed E-state index contributed by atoms with van der Waals surface area (Å²) < 4.78 is 2.11. The predicted molar refractivity (Wildman–Crippen MR) is 125 cm³/mol. The van der Waals surface area contributed by atoms with Crippen molar-refractivity contribution >= 4 is 11.6 Å². The average Bonchev–Trinajstić information content (AvgIpc) is 3.27. The number of nitrogens with zero attached hydrogens (tertiary/aromatic N) is 4. The highest BCUT2D eigenvalue weighted by Crippen LogP contribution is 2.22. The number of amides is 1. The van der Waals surface area contributed by atoms with Crippen molar-refractivity contribution in [2.45, 2.75) is 33.0 Å². The van der Waals surface area contributed by atoms with Gasteiger partial charge in [-0.25, -0.2) is 0 Å². The van der Waals surface area contributed by atoms with E-state index in [2.05, 4.69) is 44.2 Å². The first-order chi connectivity index (χ1) is 15.6. The molecular weight excluding hydrogens is 400 g/mol. The van der Waals surface area contributed by atoms with E-state index in [0.717, 1.165) is 28.5 Å². The molecule has 0 unspecified atom stereocenters. The summed E-state index contributed by atoms with van der Waals surface area (Å²) in [5.74, 6) is 1.53. The maximum absolute atomic E-state index is 12.6. The lowest BCUT2D eigenvalue weighted by Crippen LogP contribution is -2.22. The molecule has 2 N–H and O–H groups in total. The third-order valence-corrected chi connectivity index (χ3v) is 5.09. The molecule has 4 rings (SSSR count). The number of hydrogen-bond acceptors (Lipinski definition) is 5. The van der Waals surface area contributed by atoms with Gasteiger partial charge in [0.05, 0.1) is 6.54 Å². The molecule has 2 aromatic heterocycles. The van der Waals surface area contributed by atoms with Crippen LogP contribution in [0.3, 0.4) is 0 Å². The van der Waals surface area contributed by atoms with Crippen molar-refractivity contribution in [2.24, 2.45) is 0 Å². The van der Waals surface area contributed by atoms with E-state index >= 15 is 0 Å². The van der Waals surface area contributed by atoms with Crippen molar-refractivity contribution in [3.8, 4) is 11.4 Å². The Kier molecular flexibility index (Phi) is 6.55. The maximum Gasteiger partial charge on any atom is 0.251 e. The standard InChI is InChI=1S/C25H26N6O/c1-18(2)31-23(29-30-24(31)20-11-13-26-14-12-20)17-27-22-10-6-9-21(15-22)25(32)28-16-19-7-4-3-5-8-19/h3-15,18,27H,16-17H2,1-2H3,(H,28,32). The van der Waals surface area contributed by atoms with Crippen molar-refractivity contribution in [1.29, 1.82) is 0 Å². The fourth-order valence-corrected chi connectivity index (χ4v) is 3.52. The Labute approximate surface area is 187 Å². The summed E-state index contributed by atoms with van der Waals surface area (Å²) in [6, 6.07) is 21.4. The summed E-state index contributed by atoms with van der Waals surface area (Å²) in [5.41, 5.74) is 3.49. The average molecular weight is 427 g/mol. The van der Waals surface area contributed by atoms with Crippen LogP contribution in [0, 0.1) is 0 Å². The lowest BCUT2D eigenvalue weighted by atomic mass is 10.1. The van der Waals surface area contributed by atoms with E-state index in [4.69, 9.17) is 0 Å². The fraction of sp³-hybridized carbons (Fsp3) is 0.200. The molecule has 162 valence electrons. The maximum atomic E-state index is 12.6. The molecule has 0 saturated carbocycles. The van der Waals surface area contributed by atoms with Crippen LogP contribution in [0.5, 0.6) is 0 Å². The minimum Gasteiger partial charge on any atom is -0.378 e. The molecule has 0 radical (unpaired) electrons. The Morgan fingerprint density at radius 1 is 0.938 bits per heavy atom. The van der Waals surface area contributed by atoms with E-state index in [1.54, 1.807) is 12.4 Å². The molecule has 32 heavy (non-hydrogen) atoms. The van der Waals surface area contributed by atoms with E-state index < -0.39 is 0 Å². The van der Waals surface area contributed by atoms with Gasteiger partial charge in [-0.2, -0.15) is 0 Å². The van der Waals surface area contributed by atoms with E-state index in [-0.39, 0.29) is 11.9 Å². The van der Waals surface area contributed by atoms with Gasteiger partial charge in [-0.1, -0.05) is 36.4 Å². The molecule has 7 heteroatoms. The summed E-state index contributed by atoms with van der Waals surface area (Å²) in [7, 11) is 0.